The Bertz CT molecular complexity index is 447. The number of carbonyl (C=O) groups excluding carboxylic acids is 1. The summed E-state index contributed by atoms with van der Waals surface area (Å²) in [7, 11) is 0. The standard InChI is InChI=1S/C17H23NO2/c19-16(13-5-2-1-3-6-13)14-9-11-18(12-10-14)17(20)15-7-4-8-15/h1-3,5-6,14-16,19H,4,7-12H2. The maximum absolute atomic E-state index is 12.2. The van der Waals surface area contributed by atoms with Crippen LogP contribution in [0.15, 0.2) is 30.3 Å². The van der Waals surface area contributed by atoms with Gasteiger partial charge in [-0.3, -0.25) is 4.79 Å². The predicted molar refractivity (Wildman–Crippen MR) is 78.0 cm³/mol. The first-order valence-electron chi connectivity index (χ1n) is 7.77. The summed E-state index contributed by atoms with van der Waals surface area (Å²) < 4.78 is 0. The second kappa shape index (κ2) is 5.96. The second-order valence-electron chi connectivity index (χ2n) is 6.15. The molecule has 0 bridgehead atoms. The van der Waals surface area contributed by atoms with Gasteiger partial charge < -0.3 is 10.0 Å². The molecule has 3 heteroatoms. The van der Waals surface area contributed by atoms with Crippen LogP contribution in [0.4, 0.5) is 0 Å². The molecule has 0 spiro atoms. The van der Waals surface area contributed by atoms with Crippen molar-refractivity contribution in [3.8, 4) is 0 Å². The average Bonchev–Trinajstić information content (AvgIpc) is 2.46. The van der Waals surface area contributed by atoms with Crippen LogP contribution in [0.1, 0.15) is 43.8 Å². The van der Waals surface area contributed by atoms with Gasteiger partial charge in [0.25, 0.3) is 0 Å². The lowest BCUT2D eigenvalue weighted by Crippen LogP contribution is -2.44. The van der Waals surface area contributed by atoms with E-state index in [1.165, 1.54) is 6.42 Å². The van der Waals surface area contributed by atoms with Gasteiger partial charge in [0.2, 0.25) is 5.91 Å². The minimum Gasteiger partial charge on any atom is -0.388 e. The molecule has 1 saturated heterocycles. The average molecular weight is 273 g/mol. The fourth-order valence-electron chi connectivity index (χ4n) is 3.27. The van der Waals surface area contributed by atoms with Crippen molar-refractivity contribution in [2.75, 3.05) is 13.1 Å². The summed E-state index contributed by atoms with van der Waals surface area (Å²) in [6, 6.07) is 9.87. The second-order valence-corrected chi connectivity index (χ2v) is 6.15. The molecular weight excluding hydrogens is 250 g/mol. The van der Waals surface area contributed by atoms with Crippen LogP contribution in [0.2, 0.25) is 0 Å². The minimum absolute atomic E-state index is 0.280. The summed E-state index contributed by atoms with van der Waals surface area (Å²) in [5.41, 5.74) is 0.997. The molecule has 1 aromatic carbocycles. The normalized spacial score (nSPS) is 22.4. The molecule has 1 atom stereocenters. The fourth-order valence-corrected chi connectivity index (χ4v) is 3.27. The van der Waals surface area contributed by atoms with E-state index in [-0.39, 0.29) is 5.92 Å². The van der Waals surface area contributed by atoms with Gasteiger partial charge in [-0.15, -0.1) is 0 Å². The molecule has 1 amide bonds. The highest BCUT2D eigenvalue weighted by atomic mass is 16.3. The smallest absolute Gasteiger partial charge is 0.225 e. The third kappa shape index (κ3) is 2.73. The molecule has 1 N–H and O–H groups in total. The van der Waals surface area contributed by atoms with Gasteiger partial charge in [-0.25, -0.2) is 0 Å². The summed E-state index contributed by atoms with van der Waals surface area (Å²) >= 11 is 0. The van der Waals surface area contributed by atoms with Gasteiger partial charge in [0.05, 0.1) is 6.10 Å². The summed E-state index contributed by atoms with van der Waals surface area (Å²) in [6.45, 7) is 1.62. The van der Waals surface area contributed by atoms with Crippen LogP contribution < -0.4 is 0 Å². The molecule has 2 aliphatic rings. The number of hydrogen-bond donors (Lipinski definition) is 1. The highest BCUT2D eigenvalue weighted by molar-refractivity contribution is 5.79. The van der Waals surface area contributed by atoms with E-state index in [4.69, 9.17) is 0 Å². The first-order valence-corrected chi connectivity index (χ1v) is 7.77. The topological polar surface area (TPSA) is 40.5 Å². The highest BCUT2D eigenvalue weighted by Gasteiger charge is 2.33. The van der Waals surface area contributed by atoms with Crippen LogP contribution in [0.25, 0.3) is 0 Å². The number of carbonyl (C=O) groups is 1. The molecule has 1 heterocycles. The molecule has 0 radical (unpaired) electrons. The quantitative estimate of drug-likeness (QED) is 0.920. The largest absolute Gasteiger partial charge is 0.388 e. The van der Waals surface area contributed by atoms with Crippen molar-refractivity contribution in [2.45, 2.75) is 38.2 Å². The number of aliphatic hydroxyl groups is 1. The maximum Gasteiger partial charge on any atom is 0.225 e. The SMILES string of the molecule is O=C(C1CCC1)N1CCC(C(O)c2ccccc2)CC1. The Morgan fingerprint density at radius 2 is 1.75 bits per heavy atom. The molecule has 0 aromatic heterocycles. The number of piperidine rings is 1. The zero-order chi connectivity index (χ0) is 13.9. The number of likely N-dealkylation sites (tertiary alicyclic amines) is 1. The van der Waals surface area contributed by atoms with E-state index in [9.17, 15) is 9.90 Å². The lowest BCUT2D eigenvalue weighted by molar-refractivity contribution is -0.140. The van der Waals surface area contributed by atoms with Crippen LogP contribution >= 0.6 is 0 Å². The van der Waals surface area contributed by atoms with Crippen molar-refractivity contribution in [1.82, 2.24) is 4.90 Å². The highest BCUT2D eigenvalue weighted by Crippen LogP contribution is 2.33. The van der Waals surface area contributed by atoms with Crippen molar-refractivity contribution < 1.29 is 9.90 Å². The lowest BCUT2D eigenvalue weighted by atomic mass is 9.82. The summed E-state index contributed by atoms with van der Waals surface area (Å²) in [4.78, 5) is 14.2. The van der Waals surface area contributed by atoms with Crippen LogP contribution in [0.5, 0.6) is 0 Å². The fraction of sp³-hybridized carbons (Fsp3) is 0.588. The summed E-state index contributed by atoms with van der Waals surface area (Å²) in [5, 5.41) is 10.4. The molecule has 1 unspecified atom stereocenters. The van der Waals surface area contributed by atoms with Crippen LogP contribution in [-0.4, -0.2) is 29.0 Å². The van der Waals surface area contributed by atoms with Crippen molar-refractivity contribution in [1.29, 1.82) is 0 Å². The van der Waals surface area contributed by atoms with Gasteiger partial charge in [-0.1, -0.05) is 36.8 Å². The first kappa shape index (κ1) is 13.6. The van der Waals surface area contributed by atoms with Crippen LogP contribution in [-0.2, 0) is 4.79 Å². The van der Waals surface area contributed by atoms with Crippen molar-refractivity contribution in [3.05, 3.63) is 35.9 Å². The number of benzene rings is 1. The first-order chi connectivity index (χ1) is 9.75. The minimum atomic E-state index is -0.392. The summed E-state index contributed by atoms with van der Waals surface area (Å²) in [5.74, 6) is 0.928. The van der Waals surface area contributed by atoms with Crippen LogP contribution in [0, 0.1) is 11.8 Å². The molecular formula is C17H23NO2. The third-order valence-electron chi connectivity index (χ3n) is 4.89. The molecule has 108 valence electrons. The van der Waals surface area contributed by atoms with Crippen molar-refractivity contribution in [2.24, 2.45) is 11.8 Å². The van der Waals surface area contributed by atoms with E-state index in [1.54, 1.807) is 0 Å². The van der Waals surface area contributed by atoms with E-state index in [0.717, 1.165) is 44.3 Å². The number of aliphatic hydroxyl groups excluding tert-OH is 1. The van der Waals surface area contributed by atoms with E-state index < -0.39 is 6.10 Å². The van der Waals surface area contributed by atoms with Gasteiger partial charge in [0, 0.05) is 19.0 Å². The van der Waals surface area contributed by atoms with Crippen LogP contribution in [0.3, 0.4) is 0 Å². The molecule has 3 nitrogen and oxygen atoms in total. The summed E-state index contributed by atoms with van der Waals surface area (Å²) in [6.07, 6.45) is 4.79. The molecule has 1 saturated carbocycles. The van der Waals surface area contributed by atoms with Gasteiger partial charge in [0.15, 0.2) is 0 Å². The van der Waals surface area contributed by atoms with Crippen molar-refractivity contribution >= 4 is 5.91 Å². The van der Waals surface area contributed by atoms with E-state index >= 15 is 0 Å². The Labute approximate surface area is 120 Å². The van der Waals surface area contributed by atoms with Crippen molar-refractivity contribution in [3.63, 3.8) is 0 Å². The molecule has 1 aliphatic heterocycles. The maximum atomic E-state index is 12.2. The molecule has 1 aliphatic carbocycles. The molecule has 3 rings (SSSR count). The molecule has 20 heavy (non-hydrogen) atoms. The lowest BCUT2D eigenvalue weighted by Gasteiger charge is -2.38. The van der Waals surface area contributed by atoms with Gasteiger partial charge >= 0.3 is 0 Å². The van der Waals surface area contributed by atoms with Gasteiger partial charge in [0.1, 0.15) is 0 Å². The monoisotopic (exact) mass is 273 g/mol. The number of amides is 1. The number of hydrogen-bond acceptors (Lipinski definition) is 2. The zero-order valence-electron chi connectivity index (χ0n) is 11.9. The van der Waals surface area contributed by atoms with Gasteiger partial charge in [-0.2, -0.15) is 0 Å². The van der Waals surface area contributed by atoms with E-state index in [0.29, 0.717) is 11.8 Å². The Morgan fingerprint density at radius 3 is 2.30 bits per heavy atom. The van der Waals surface area contributed by atoms with E-state index in [1.807, 2.05) is 35.2 Å². The van der Waals surface area contributed by atoms with E-state index in [2.05, 4.69) is 0 Å². The molecule has 1 aromatic rings. The predicted octanol–water partition coefficient (Wildman–Crippen LogP) is 2.76. The number of rotatable bonds is 3. The Hall–Kier alpha value is -1.35. The van der Waals surface area contributed by atoms with Gasteiger partial charge in [-0.05, 0) is 37.2 Å². The third-order valence-corrected chi connectivity index (χ3v) is 4.89. The Kier molecular flexibility index (Phi) is 4.06. The Morgan fingerprint density at radius 1 is 1.10 bits per heavy atom. The molecule has 2 fully saturated rings. The number of nitrogens with zero attached hydrogens (tertiary/aromatic N) is 1. The Balaban J connectivity index is 1.54. The zero-order valence-corrected chi connectivity index (χ0v) is 11.9.